The van der Waals surface area contributed by atoms with E-state index in [9.17, 15) is 4.79 Å². The van der Waals surface area contributed by atoms with Crippen LogP contribution in [0.2, 0.25) is 0 Å². The lowest BCUT2D eigenvalue weighted by atomic mass is 10.0. The zero-order chi connectivity index (χ0) is 22.2. The van der Waals surface area contributed by atoms with E-state index in [0.717, 1.165) is 46.3 Å². The number of nitrogens with one attached hydrogen (secondary N) is 1. The summed E-state index contributed by atoms with van der Waals surface area (Å²) in [6.45, 7) is 0.555. The second-order valence-corrected chi connectivity index (χ2v) is 8.83. The van der Waals surface area contributed by atoms with Crippen LogP contribution in [-0.4, -0.2) is 42.8 Å². The number of aromatic nitrogens is 4. The van der Waals surface area contributed by atoms with E-state index in [-0.39, 0.29) is 11.9 Å². The molecule has 0 unspecified atom stereocenters. The van der Waals surface area contributed by atoms with E-state index in [1.54, 1.807) is 24.9 Å². The topological polar surface area (TPSA) is 83.9 Å². The fraction of sp³-hybridized carbons (Fsp3) is 0.269. The Hall–Kier alpha value is -3.87. The molecule has 2 heterocycles. The molecule has 2 aromatic heterocycles. The van der Waals surface area contributed by atoms with Gasteiger partial charge in [-0.1, -0.05) is 24.3 Å². The summed E-state index contributed by atoms with van der Waals surface area (Å²) in [6.07, 6.45) is 10.8. The van der Waals surface area contributed by atoms with Crippen LogP contribution in [0.4, 0.5) is 5.82 Å². The maximum absolute atomic E-state index is 13.1. The molecule has 4 aromatic rings. The number of benzene rings is 2. The van der Waals surface area contributed by atoms with Crippen LogP contribution in [0.15, 0.2) is 67.4 Å². The van der Waals surface area contributed by atoms with Crippen molar-refractivity contribution in [1.29, 1.82) is 0 Å². The minimum Gasteiger partial charge on any atom is -0.367 e. The number of hydrogen-bond donors (Lipinski definition) is 1. The van der Waals surface area contributed by atoms with Crippen LogP contribution < -0.4 is 5.32 Å². The Morgan fingerprint density at radius 3 is 2.64 bits per heavy atom. The molecule has 0 spiro atoms. The summed E-state index contributed by atoms with van der Waals surface area (Å²) in [7, 11) is 0. The molecule has 2 aliphatic carbocycles. The number of carbonyl (C=O) groups excluding carboxylic acids is 1. The number of anilines is 1. The van der Waals surface area contributed by atoms with Crippen molar-refractivity contribution in [3.05, 3.63) is 78.6 Å². The van der Waals surface area contributed by atoms with Gasteiger partial charge in [0, 0.05) is 36.4 Å². The van der Waals surface area contributed by atoms with Crippen molar-refractivity contribution in [3.63, 3.8) is 0 Å². The van der Waals surface area contributed by atoms with E-state index in [2.05, 4.69) is 61.7 Å². The highest BCUT2D eigenvalue weighted by Crippen LogP contribution is 2.32. The van der Waals surface area contributed by atoms with Crippen LogP contribution in [0.1, 0.15) is 41.7 Å². The molecule has 1 N–H and O–H groups in total. The van der Waals surface area contributed by atoms with Crippen molar-refractivity contribution >= 4 is 22.6 Å². The Labute approximate surface area is 191 Å². The molecular formula is C26H24N6O. The molecule has 7 heteroatoms. The largest absolute Gasteiger partial charge is 0.367 e. The van der Waals surface area contributed by atoms with Crippen LogP contribution >= 0.6 is 0 Å². The van der Waals surface area contributed by atoms with Gasteiger partial charge in [-0.15, -0.1) is 0 Å². The molecule has 2 aromatic carbocycles. The highest BCUT2D eigenvalue weighted by molar-refractivity contribution is 5.93. The molecule has 0 radical (unpaired) electrons. The smallest absolute Gasteiger partial charge is 0.274 e. The molecule has 2 aliphatic rings. The summed E-state index contributed by atoms with van der Waals surface area (Å²) in [6, 6.07) is 15.5. The zero-order valence-electron chi connectivity index (χ0n) is 18.2. The second-order valence-electron chi connectivity index (χ2n) is 8.83. The fourth-order valence-electron chi connectivity index (χ4n) is 4.13. The summed E-state index contributed by atoms with van der Waals surface area (Å²) in [5.41, 5.74) is 4.64. The first kappa shape index (κ1) is 19.8. The Balaban J connectivity index is 1.29. The van der Waals surface area contributed by atoms with Crippen molar-refractivity contribution in [2.24, 2.45) is 0 Å². The van der Waals surface area contributed by atoms with Crippen molar-refractivity contribution < 1.29 is 4.79 Å². The third-order valence-corrected chi connectivity index (χ3v) is 6.20. The number of carbonyl (C=O) groups is 1. The number of amides is 1. The molecule has 2 fully saturated rings. The SMILES string of the molecule is O=C(c1cnccn1)N(Cc1cccc(-c2ccc3ncnc(NC4CC4)c3c2)c1)C1CC1. The molecule has 7 nitrogen and oxygen atoms in total. The van der Waals surface area contributed by atoms with Gasteiger partial charge in [-0.3, -0.25) is 9.78 Å². The average molecular weight is 437 g/mol. The zero-order valence-corrected chi connectivity index (χ0v) is 18.2. The number of fused-ring (bicyclic) bond motifs is 1. The highest BCUT2D eigenvalue weighted by Gasteiger charge is 2.33. The normalized spacial score (nSPS) is 15.4. The summed E-state index contributed by atoms with van der Waals surface area (Å²) in [4.78, 5) is 32.2. The first-order valence-electron chi connectivity index (χ1n) is 11.4. The van der Waals surface area contributed by atoms with Gasteiger partial charge in [0.25, 0.3) is 5.91 Å². The third-order valence-electron chi connectivity index (χ3n) is 6.20. The molecule has 0 saturated heterocycles. The van der Waals surface area contributed by atoms with E-state index in [4.69, 9.17) is 0 Å². The minimum absolute atomic E-state index is 0.0605. The van der Waals surface area contributed by atoms with E-state index in [0.29, 0.717) is 18.3 Å². The molecule has 0 aliphatic heterocycles. The molecule has 1 amide bonds. The van der Waals surface area contributed by atoms with Gasteiger partial charge >= 0.3 is 0 Å². The fourth-order valence-corrected chi connectivity index (χ4v) is 4.13. The van der Waals surface area contributed by atoms with Gasteiger partial charge in [-0.25, -0.2) is 15.0 Å². The van der Waals surface area contributed by atoms with Crippen LogP contribution in [0, 0.1) is 0 Å². The van der Waals surface area contributed by atoms with Crippen LogP contribution in [0.25, 0.3) is 22.0 Å². The van der Waals surface area contributed by atoms with E-state index < -0.39 is 0 Å². The van der Waals surface area contributed by atoms with Gasteiger partial charge in [0.2, 0.25) is 0 Å². The first-order valence-corrected chi connectivity index (χ1v) is 11.4. The lowest BCUT2D eigenvalue weighted by Gasteiger charge is -2.22. The van der Waals surface area contributed by atoms with Crippen LogP contribution in [0.5, 0.6) is 0 Å². The number of nitrogens with zero attached hydrogens (tertiary/aromatic N) is 5. The van der Waals surface area contributed by atoms with Crippen molar-refractivity contribution in [1.82, 2.24) is 24.8 Å². The maximum Gasteiger partial charge on any atom is 0.274 e. The summed E-state index contributed by atoms with van der Waals surface area (Å²) < 4.78 is 0. The number of hydrogen-bond acceptors (Lipinski definition) is 6. The molecule has 0 atom stereocenters. The highest BCUT2D eigenvalue weighted by atomic mass is 16.2. The average Bonchev–Trinajstić information content (AvgIpc) is 3.78. The van der Waals surface area contributed by atoms with Gasteiger partial charge < -0.3 is 10.2 Å². The molecular weight excluding hydrogens is 412 g/mol. The quantitative estimate of drug-likeness (QED) is 0.460. The lowest BCUT2D eigenvalue weighted by molar-refractivity contribution is 0.0723. The predicted octanol–water partition coefficient (Wildman–Crippen LogP) is 4.47. The molecule has 2 saturated carbocycles. The molecule has 0 bridgehead atoms. The molecule has 33 heavy (non-hydrogen) atoms. The van der Waals surface area contributed by atoms with Gasteiger partial charge in [-0.2, -0.15) is 0 Å². The van der Waals surface area contributed by atoms with E-state index in [1.807, 2.05) is 11.0 Å². The Bertz CT molecular complexity index is 1320. The van der Waals surface area contributed by atoms with E-state index >= 15 is 0 Å². The van der Waals surface area contributed by atoms with Crippen LogP contribution in [-0.2, 0) is 6.54 Å². The third kappa shape index (κ3) is 4.26. The Morgan fingerprint density at radius 1 is 0.970 bits per heavy atom. The lowest BCUT2D eigenvalue weighted by Crippen LogP contribution is -2.33. The first-order chi connectivity index (χ1) is 16.2. The van der Waals surface area contributed by atoms with Gasteiger partial charge in [0.1, 0.15) is 17.8 Å². The van der Waals surface area contributed by atoms with Crippen molar-refractivity contribution in [2.75, 3.05) is 5.32 Å². The Morgan fingerprint density at radius 2 is 1.85 bits per heavy atom. The van der Waals surface area contributed by atoms with E-state index in [1.165, 1.54) is 12.8 Å². The standard InChI is InChI=1S/C26H24N6O/c33-26(24-14-27-10-11-28-24)32(21-7-8-21)15-17-2-1-3-18(12-17)19-4-9-23-22(13-19)25(30-16-29-23)31-20-5-6-20/h1-4,9-14,16,20-21H,5-8,15H2,(H,29,30,31). The van der Waals surface area contributed by atoms with Crippen LogP contribution in [0.3, 0.4) is 0 Å². The second kappa shape index (κ2) is 8.24. The summed E-state index contributed by atoms with van der Waals surface area (Å²) >= 11 is 0. The maximum atomic E-state index is 13.1. The van der Waals surface area contributed by atoms with Crippen molar-refractivity contribution in [2.45, 2.75) is 44.3 Å². The Kier molecular flexibility index (Phi) is 4.94. The monoisotopic (exact) mass is 436 g/mol. The van der Waals surface area contributed by atoms with Gasteiger partial charge in [-0.05, 0) is 60.6 Å². The van der Waals surface area contributed by atoms with Gasteiger partial charge in [0.05, 0.1) is 11.7 Å². The predicted molar refractivity (Wildman–Crippen MR) is 127 cm³/mol. The summed E-state index contributed by atoms with van der Waals surface area (Å²) in [5.74, 6) is 0.838. The molecule has 6 rings (SSSR count). The van der Waals surface area contributed by atoms with Crippen molar-refractivity contribution in [3.8, 4) is 11.1 Å². The van der Waals surface area contributed by atoms with Gasteiger partial charge in [0.15, 0.2) is 0 Å². The molecule has 164 valence electrons. The number of rotatable bonds is 7. The minimum atomic E-state index is -0.0605. The summed E-state index contributed by atoms with van der Waals surface area (Å²) in [5, 5.41) is 4.55.